The van der Waals surface area contributed by atoms with Gasteiger partial charge in [-0.1, -0.05) is 23.7 Å². The molecular formula is C14H14ClN3O2S. The van der Waals surface area contributed by atoms with Crippen LogP contribution in [0.1, 0.15) is 15.2 Å². The van der Waals surface area contributed by atoms with Crippen LogP contribution in [-0.4, -0.2) is 23.3 Å². The third-order valence-electron chi connectivity index (χ3n) is 2.77. The van der Waals surface area contributed by atoms with Gasteiger partial charge in [-0.3, -0.25) is 9.59 Å². The Morgan fingerprint density at radius 3 is 2.62 bits per heavy atom. The third-order valence-corrected chi connectivity index (χ3v) is 4.10. The van der Waals surface area contributed by atoms with Crippen LogP contribution in [0.5, 0.6) is 0 Å². The zero-order chi connectivity index (χ0) is 15.4. The van der Waals surface area contributed by atoms with Crippen molar-refractivity contribution in [2.24, 2.45) is 5.73 Å². The van der Waals surface area contributed by atoms with Gasteiger partial charge in [-0.2, -0.15) is 0 Å². The first-order chi connectivity index (χ1) is 9.97. The third kappa shape index (κ3) is 3.96. The highest BCUT2D eigenvalue weighted by Gasteiger charge is 2.21. The Bertz CT molecular complexity index is 672. The average molecular weight is 324 g/mol. The smallest absolute Gasteiger partial charge is 0.266 e. The normalized spacial score (nSPS) is 10.3. The number of amides is 2. The fraction of sp³-hybridized carbons (Fsp3) is 0.143. The molecule has 1 aromatic carbocycles. The Hall–Kier alpha value is -2.05. The standard InChI is InChI=1S/C14H14ClN3O2S/c15-11-4-5-21-13(11)14(20)18(8-12(17)19)7-9-2-1-3-10(16)6-9/h1-6H,7-8,16H2,(H2,17,19). The van der Waals surface area contributed by atoms with Crippen molar-refractivity contribution in [3.63, 3.8) is 0 Å². The molecule has 21 heavy (non-hydrogen) atoms. The lowest BCUT2D eigenvalue weighted by Crippen LogP contribution is -2.37. The number of carbonyl (C=O) groups is 2. The molecule has 2 aromatic rings. The van der Waals surface area contributed by atoms with E-state index in [1.54, 1.807) is 29.6 Å². The van der Waals surface area contributed by atoms with E-state index < -0.39 is 5.91 Å². The zero-order valence-electron chi connectivity index (χ0n) is 11.1. The Morgan fingerprint density at radius 2 is 2.05 bits per heavy atom. The Morgan fingerprint density at radius 1 is 1.29 bits per heavy atom. The molecular weight excluding hydrogens is 310 g/mol. The molecule has 0 bridgehead atoms. The number of nitrogens with zero attached hydrogens (tertiary/aromatic N) is 1. The van der Waals surface area contributed by atoms with Gasteiger partial charge in [0.25, 0.3) is 5.91 Å². The number of carbonyl (C=O) groups excluding carboxylic acids is 2. The quantitative estimate of drug-likeness (QED) is 0.826. The predicted molar refractivity (Wildman–Crippen MR) is 84.1 cm³/mol. The second-order valence-electron chi connectivity index (χ2n) is 4.47. The van der Waals surface area contributed by atoms with Crippen molar-refractivity contribution >= 4 is 40.4 Å². The molecule has 1 heterocycles. The molecule has 0 atom stereocenters. The maximum atomic E-state index is 12.5. The molecule has 1 aromatic heterocycles. The Balaban J connectivity index is 2.24. The van der Waals surface area contributed by atoms with Gasteiger partial charge in [-0.05, 0) is 29.1 Å². The summed E-state index contributed by atoms with van der Waals surface area (Å²) in [4.78, 5) is 25.4. The first-order valence-electron chi connectivity index (χ1n) is 6.12. The van der Waals surface area contributed by atoms with E-state index >= 15 is 0 Å². The molecule has 0 fully saturated rings. The molecule has 0 aliphatic rings. The molecule has 0 spiro atoms. The maximum absolute atomic E-state index is 12.5. The second kappa shape index (κ2) is 6.60. The van der Waals surface area contributed by atoms with E-state index in [4.69, 9.17) is 23.1 Å². The van der Waals surface area contributed by atoms with Crippen LogP contribution in [0.15, 0.2) is 35.7 Å². The van der Waals surface area contributed by atoms with E-state index in [2.05, 4.69) is 0 Å². The van der Waals surface area contributed by atoms with Gasteiger partial charge >= 0.3 is 0 Å². The topological polar surface area (TPSA) is 89.4 Å². The van der Waals surface area contributed by atoms with Crippen molar-refractivity contribution in [3.05, 3.63) is 51.2 Å². The summed E-state index contributed by atoms with van der Waals surface area (Å²) in [5.74, 6) is -0.906. The SMILES string of the molecule is NC(=O)CN(Cc1cccc(N)c1)C(=O)c1sccc1Cl. The number of hydrogen-bond donors (Lipinski definition) is 2. The van der Waals surface area contributed by atoms with Crippen molar-refractivity contribution in [2.75, 3.05) is 12.3 Å². The van der Waals surface area contributed by atoms with Crippen LogP contribution in [-0.2, 0) is 11.3 Å². The summed E-state index contributed by atoms with van der Waals surface area (Å²) in [5, 5.41) is 2.09. The largest absolute Gasteiger partial charge is 0.399 e. The highest BCUT2D eigenvalue weighted by molar-refractivity contribution is 7.12. The number of halogens is 1. The minimum Gasteiger partial charge on any atom is -0.399 e. The van der Waals surface area contributed by atoms with E-state index in [-0.39, 0.29) is 19.0 Å². The fourth-order valence-electron chi connectivity index (χ4n) is 1.89. The van der Waals surface area contributed by atoms with E-state index in [0.717, 1.165) is 5.56 Å². The summed E-state index contributed by atoms with van der Waals surface area (Å²) in [6.07, 6.45) is 0. The highest BCUT2D eigenvalue weighted by atomic mass is 35.5. The van der Waals surface area contributed by atoms with Crippen LogP contribution in [0, 0.1) is 0 Å². The van der Waals surface area contributed by atoms with Gasteiger partial charge in [0.05, 0.1) is 5.02 Å². The fourth-order valence-corrected chi connectivity index (χ4v) is 2.99. The number of thiophene rings is 1. The van der Waals surface area contributed by atoms with Crippen molar-refractivity contribution in [1.29, 1.82) is 0 Å². The second-order valence-corrected chi connectivity index (χ2v) is 5.79. The van der Waals surface area contributed by atoms with Crippen molar-refractivity contribution in [3.8, 4) is 0 Å². The molecule has 110 valence electrons. The molecule has 0 radical (unpaired) electrons. The average Bonchev–Trinajstić information content (AvgIpc) is 2.83. The minimum atomic E-state index is -0.583. The first-order valence-corrected chi connectivity index (χ1v) is 7.38. The Labute approximate surface area is 131 Å². The van der Waals surface area contributed by atoms with E-state index in [1.807, 2.05) is 6.07 Å². The van der Waals surface area contributed by atoms with E-state index in [1.165, 1.54) is 16.2 Å². The number of benzene rings is 1. The molecule has 2 amide bonds. The molecule has 0 aliphatic heterocycles. The monoisotopic (exact) mass is 323 g/mol. The molecule has 0 aliphatic carbocycles. The van der Waals surface area contributed by atoms with Gasteiger partial charge in [-0.25, -0.2) is 0 Å². The number of hydrogen-bond acceptors (Lipinski definition) is 4. The predicted octanol–water partition coefficient (Wildman–Crippen LogP) is 2.11. The lowest BCUT2D eigenvalue weighted by Gasteiger charge is -2.21. The van der Waals surface area contributed by atoms with Crippen LogP contribution >= 0.6 is 22.9 Å². The number of nitrogens with two attached hydrogens (primary N) is 2. The molecule has 0 saturated heterocycles. The number of anilines is 1. The van der Waals surface area contributed by atoms with E-state index in [9.17, 15) is 9.59 Å². The molecule has 5 nitrogen and oxygen atoms in total. The lowest BCUT2D eigenvalue weighted by atomic mass is 10.2. The molecule has 0 saturated carbocycles. The molecule has 4 N–H and O–H groups in total. The molecule has 0 unspecified atom stereocenters. The molecule has 7 heteroatoms. The van der Waals surface area contributed by atoms with Gasteiger partial charge in [0.2, 0.25) is 5.91 Å². The zero-order valence-corrected chi connectivity index (χ0v) is 12.7. The van der Waals surface area contributed by atoms with Gasteiger partial charge in [-0.15, -0.1) is 11.3 Å². The molecule has 2 rings (SSSR count). The highest BCUT2D eigenvalue weighted by Crippen LogP contribution is 2.24. The van der Waals surface area contributed by atoms with Crippen LogP contribution in [0.4, 0.5) is 5.69 Å². The summed E-state index contributed by atoms with van der Waals surface area (Å²) < 4.78 is 0. The summed E-state index contributed by atoms with van der Waals surface area (Å²) in [7, 11) is 0. The summed E-state index contributed by atoms with van der Waals surface area (Å²) >= 11 is 7.20. The van der Waals surface area contributed by atoms with Crippen molar-refractivity contribution in [2.45, 2.75) is 6.54 Å². The van der Waals surface area contributed by atoms with Crippen molar-refractivity contribution < 1.29 is 9.59 Å². The summed E-state index contributed by atoms with van der Waals surface area (Å²) in [5.41, 5.74) is 12.3. The van der Waals surface area contributed by atoms with Gasteiger partial charge in [0, 0.05) is 12.2 Å². The minimum absolute atomic E-state index is 0.179. The lowest BCUT2D eigenvalue weighted by molar-refractivity contribution is -0.118. The summed E-state index contributed by atoms with van der Waals surface area (Å²) in [6, 6.07) is 8.75. The van der Waals surface area contributed by atoms with Gasteiger partial charge in [0.1, 0.15) is 11.4 Å². The summed E-state index contributed by atoms with van der Waals surface area (Å²) in [6.45, 7) is 0.0584. The van der Waals surface area contributed by atoms with E-state index in [0.29, 0.717) is 15.6 Å². The first kappa shape index (κ1) is 15.3. The Kier molecular flexibility index (Phi) is 4.82. The van der Waals surface area contributed by atoms with Gasteiger partial charge in [0.15, 0.2) is 0 Å². The van der Waals surface area contributed by atoms with Crippen LogP contribution in [0.2, 0.25) is 5.02 Å². The number of rotatable bonds is 5. The number of nitrogen functional groups attached to an aromatic ring is 1. The number of primary amides is 1. The van der Waals surface area contributed by atoms with Crippen molar-refractivity contribution in [1.82, 2.24) is 4.90 Å². The van der Waals surface area contributed by atoms with Crippen LogP contribution < -0.4 is 11.5 Å². The van der Waals surface area contributed by atoms with Gasteiger partial charge < -0.3 is 16.4 Å². The maximum Gasteiger partial charge on any atom is 0.266 e. The van der Waals surface area contributed by atoms with Crippen LogP contribution in [0.3, 0.4) is 0 Å². The van der Waals surface area contributed by atoms with Crippen LogP contribution in [0.25, 0.3) is 0 Å².